The topological polar surface area (TPSA) is 64.6 Å². The minimum atomic E-state index is -0.590. The number of halogens is 1. The Hall–Kier alpha value is -0.620. The van der Waals surface area contributed by atoms with Crippen LogP contribution in [0.2, 0.25) is 0 Å². The highest BCUT2D eigenvalue weighted by Crippen LogP contribution is 2.07. The lowest BCUT2D eigenvalue weighted by molar-refractivity contribution is -0.118. The number of alkyl carbamates (subject to hydrolysis) is 1. The summed E-state index contributed by atoms with van der Waals surface area (Å²) < 4.78 is 9.97. The molecule has 0 unspecified atom stereocenters. The van der Waals surface area contributed by atoms with Gasteiger partial charge in [0.1, 0.15) is 5.60 Å². The van der Waals surface area contributed by atoms with Crippen LogP contribution in [0.3, 0.4) is 0 Å². The number of methoxy groups -OCH3 is 1. The predicted molar refractivity (Wildman–Crippen MR) is 68.5 cm³/mol. The second-order valence-electron chi connectivity index (χ2n) is 4.58. The standard InChI is InChI=1S/C11H20BrNO4/c1-11(2,3)17-10(15)13-8(5-6-16-4)9(14)7-12/h8H,5-7H2,1-4H3,(H,13,15)/t8-/m0/s1. The van der Waals surface area contributed by atoms with Gasteiger partial charge in [0, 0.05) is 13.7 Å². The van der Waals surface area contributed by atoms with E-state index in [4.69, 9.17) is 9.47 Å². The highest BCUT2D eigenvalue weighted by atomic mass is 79.9. The third kappa shape index (κ3) is 8.15. The lowest BCUT2D eigenvalue weighted by Crippen LogP contribution is -2.44. The number of nitrogens with one attached hydrogen (secondary N) is 1. The van der Waals surface area contributed by atoms with Crippen molar-refractivity contribution in [1.29, 1.82) is 0 Å². The number of amides is 1. The minimum absolute atomic E-state index is 0.104. The van der Waals surface area contributed by atoms with Crippen LogP contribution in [0.5, 0.6) is 0 Å². The fraction of sp³-hybridized carbons (Fsp3) is 0.818. The molecule has 0 saturated carbocycles. The molecule has 0 rings (SSSR count). The number of carbonyl (C=O) groups excluding carboxylic acids is 2. The van der Waals surface area contributed by atoms with Crippen molar-refractivity contribution in [3.63, 3.8) is 0 Å². The largest absolute Gasteiger partial charge is 0.444 e. The number of hydrogen-bond donors (Lipinski definition) is 1. The Labute approximate surface area is 110 Å². The van der Waals surface area contributed by atoms with Crippen molar-refractivity contribution in [3.05, 3.63) is 0 Å². The smallest absolute Gasteiger partial charge is 0.408 e. The number of ether oxygens (including phenoxy) is 2. The fourth-order valence-electron chi connectivity index (χ4n) is 1.09. The Balaban J connectivity index is 4.32. The molecule has 0 aliphatic rings. The van der Waals surface area contributed by atoms with Crippen molar-refractivity contribution in [2.24, 2.45) is 0 Å². The Morgan fingerprint density at radius 3 is 2.35 bits per heavy atom. The van der Waals surface area contributed by atoms with Crippen molar-refractivity contribution >= 4 is 27.8 Å². The van der Waals surface area contributed by atoms with Crippen molar-refractivity contribution < 1.29 is 19.1 Å². The number of Topliss-reactive ketones (excluding diaryl/α,β-unsaturated/α-hetero) is 1. The molecule has 0 spiro atoms. The Bertz CT molecular complexity index is 263. The highest BCUT2D eigenvalue weighted by Gasteiger charge is 2.23. The molecular formula is C11H20BrNO4. The van der Waals surface area contributed by atoms with Gasteiger partial charge in [0.05, 0.1) is 11.4 Å². The van der Waals surface area contributed by atoms with E-state index in [1.807, 2.05) is 0 Å². The summed E-state index contributed by atoms with van der Waals surface area (Å²) in [5, 5.41) is 2.73. The average Bonchev–Trinajstić information content (AvgIpc) is 2.20. The van der Waals surface area contributed by atoms with Crippen LogP contribution in [-0.4, -0.2) is 42.6 Å². The molecule has 1 N–H and O–H groups in total. The van der Waals surface area contributed by atoms with Crippen LogP contribution in [0.4, 0.5) is 4.79 Å². The molecule has 1 atom stereocenters. The highest BCUT2D eigenvalue weighted by molar-refractivity contribution is 9.09. The number of hydrogen-bond acceptors (Lipinski definition) is 4. The van der Waals surface area contributed by atoms with Crippen molar-refractivity contribution in [3.8, 4) is 0 Å². The average molecular weight is 310 g/mol. The summed E-state index contributed by atoms with van der Waals surface area (Å²) >= 11 is 3.08. The molecule has 6 heteroatoms. The van der Waals surface area contributed by atoms with Gasteiger partial charge in [-0.2, -0.15) is 0 Å². The Kier molecular flexibility index (Phi) is 7.38. The zero-order valence-electron chi connectivity index (χ0n) is 10.7. The lowest BCUT2D eigenvalue weighted by atomic mass is 10.1. The first-order chi connectivity index (χ1) is 7.80. The molecule has 0 fully saturated rings. The number of ketones is 1. The van der Waals surface area contributed by atoms with Gasteiger partial charge >= 0.3 is 6.09 Å². The fourth-order valence-corrected chi connectivity index (χ4v) is 1.48. The van der Waals surface area contributed by atoms with Crippen LogP contribution < -0.4 is 5.32 Å². The molecule has 1 amide bonds. The van der Waals surface area contributed by atoms with E-state index in [9.17, 15) is 9.59 Å². The quantitative estimate of drug-likeness (QED) is 0.761. The first-order valence-corrected chi connectivity index (χ1v) is 6.49. The molecule has 0 aliphatic carbocycles. The van der Waals surface area contributed by atoms with Gasteiger partial charge in [-0.1, -0.05) is 15.9 Å². The van der Waals surface area contributed by atoms with Crippen molar-refractivity contribution in [2.75, 3.05) is 19.0 Å². The normalized spacial score (nSPS) is 13.0. The van der Waals surface area contributed by atoms with E-state index in [1.165, 1.54) is 0 Å². The summed E-state index contributed by atoms with van der Waals surface area (Å²) in [6.07, 6.45) is -0.159. The van der Waals surface area contributed by atoms with E-state index in [1.54, 1.807) is 27.9 Å². The van der Waals surface area contributed by atoms with Gasteiger partial charge in [-0.05, 0) is 27.2 Å². The van der Waals surface area contributed by atoms with E-state index < -0.39 is 17.7 Å². The van der Waals surface area contributed by atoms with Crippen molar-refractivity contribution in [1.82, 2.24) is 5.32 Å². The first kappa shape index (κ1) is 16.4. The monoisotopic (exact) mass is 309 g/mol. The van der Waals surface area contributed by atoms with Gasteiger partial charge in [-0.25, -0.2) is 4.79 Å². The first-order valence-electron chi connectivity index (χ1n) is 5.37. The zero-order chi connectivity index (χ0) is 13.5. The molecule has 0 heterocycles. The minimum Gasteiger partial charge on any atom is -0.444 e. The SMILES string of the molecule is COCC[C@H](NC(=O)OC(C)(C)C)C(=O)CBr. The van der Waals surface area contributed by atoms with E-state index in [0.717, 1.165) is 0 Å². The number of alkyl halides is 1. The molecule has 0 aliphatic heterocycles. The summed E-state index contributed by atoms with van der Waals surface area (Å²) in [4.78, 5) is 23.1. The summed E-state index contributed by atoms with van der Waals surface area (Å²) in [5.41, 5.74) is -0.576. The zero-order valence-corrected chi connectivity index (χ0v) is 12.3. The molecule has 0 aromatic carbocycles. The summed E-state index contributed by atoms with van der Waals surface area (Å²) in [7, 11) is 1.54. The van der Waals surface area contributed by atoms with E-state index in [0.29, 0.717) is 13.0 Å². The van der Waals surface area contributed by atoms with Gasteiger partial charge in [0.15, 0.2) is 5.78 Å². The molecule has 0 radical (unpaired) electrons. The second kappa shape index (κ2) is 7.66. The van der Waals surface area contributed by atoms with Crippen LogP contribution in [0.15, 0.2) is 0 Å². The van der Waals surface area contributed by atoms with Crippen LogP contribution in [0.1, 0.15) is 27.2 Å². The molecule has 0 aromatic heterocycles. The van der Waals surface area contributed by atoms with Gasteiger partial charge in [-0.3, -0.25) is 4.79 Å². The maximum Gasteiger partial charge on any atom is 0.408 e. The molecule has 100 valence electrons. The molecule has 0 aromatic rings. The molecule has 5 nitrogen and oxygen atoms in total. The van der Waals surface area contributed by atoms with Gasteiger partial charge in [-0.15, -0.1) is 0 Å². The maximum atomic E-state index is 11.5. The third-order valence-corrected chi connectivity index (χ3v) is 2.37. The van der Waals surface area contributed by atoms with Crippen molar-refractivity contribution in [2.45, 2.75) is 38.8 Å². The van der Waals surface area contributed by atoms with Crippen LogP contribution in [0.25, 0.3) is 0 Å². The van der Waals surface area contributed by atoms with Crippen LogP contribution in [0, 0.1) is 0 Å². The molecule has 0 saturated heterocycles. The number of rotatable bonds is 6. The van der Waals surface area contributed by atoms with Crippen LogP contribution >= 0.6 is 15.9 Å². The van der Waals surface area contributed by atoms with Gasteiger partial charge in [0.25, 0.3) is 0 Å². The predicted octanol–water partition coefficient (Wildman–Crippen LogP) is 1.88. The maximum absolute atomic E-state index is 11.5. The Morgan fingerprint density at radius 1 is 1.35 bits per heavy atom. The van der Waals surface area contributed by atoms with Crippen LogP contribution in [-0.2, 0) is 14.3 Å². The second-order valence-corrected chi connectivity index (χ2v) is 5.14. The molecular weight excluding hydrogens is 290 g/mol. The van der Waals surface area contributed by atoms with E-state index >= 15 is 0 Å². The number of carbonyl (C=O) groups is 2. The molecule has 0 bridgehead atoms. The molecule has 17 heavy (non-hydrogen) atoms. The summed E-state index contributed by atoms with van der Waals surface area (Å²) in [6, 6.07) is -0.579. The van der Waals surface area contributed by atoms with Gasteiger partial charge < -0.3 is 14.8 Å². The third-order valence-electron chi connectivity index (χ3n) is 1.82. The summed E-state index contributed by atoms with van der Waals surface area (Å²) in [5.74, 6) is -0.104. The lowest BCUT2D eigenvalue weighted by Gasteiger charge is -2.22. The summed E-state index contributed by atoms with van der Waals surface area (Å²) in [6.45, 7) is 5.70. The van der Waals surface area contributed by atoms with E-state index in [2.05, 4.69) is 21.2 Å². The van der Waals surface area contributed by atoms with E-state index in [-0.39, 0.29) is 11.1 Å². The van der Waals surface area contributed by atoms with Gasteiger partial charge in [0.2, 0.25) is 0 Å². The Morgan fingerprint density at radius 2 is 1.94 bits per heavy atom.